The van der Waals surface area contributed by atoms with E-state index in [-0.39, 0.29) is 46.5 Å². The Morgan fingerprint density at radius 1 is 0.556 bits per heavy atom. The molecule has 2 N–H and O–H groups in total. The predicted molar refractivity (Wildman–Crippen MR) is 122 cm³/mol. The van der Waals surface area contributed by atoms with Crippen molar-refractivity contribution < 1.29 is 39.0 Å². The molecule has 2 aliphatic rings. The van der Waals surface area contributed by atoms with Gasteiger partial charge in [-0.15, -0.1) is 0 Å². The van der Waals surface area contributed by atoms with E-state index in [1.165, 1.54) is 36.4 Å². The van der Waals surface area contributed by atoms with E-state index in [1.54, 1.807) is 24.3 Å². The number of carboxylic acid groups (broad SMARTS) is 2. The van der Waals surface area contributed by atoms with Gasteiger partial charge in [0.15, 0.2) is 0 Å². The molecule has 10 heteroatoms. The van der Waals surface area contributed by atoms with Crippen LogP contribution in [0, 0.1) is 0 Å². The standard InChI is InChI=1S/C26H16N2O8/c29-21-17-6-4-15(25(33)34)9-19(17)23(31)27(21)11-13-2-1-3-14(8-13)12-28-22(30)18-7-5-16(26(35)36)10-20(18)24(28)32/h1-10H,11-12H2,(H,33,34)(H,35,36). The highest BCUT2D eigenvalue weighted by molar-refractivity contribution is 6.22. The highest BCUT2D eigenvalue weighted by Crippen LogP contribution is 2.28. The first-order chi connectivity index (χ1) is 17.2. The van der Waals surface area contributed by atoms with Crippen LogP contribution in [0.5, 0.6) is 0 Å². The minimum atomic E-state index is -1.21. The zero-order valence-electron chi connectivity index (χ0n) is 18.4. The Morgan fingerprint density at radius 2 is 0.944 bits per heavy atom. The van der Waals surface area contributed by atoms with Crippen LogP contribution in [-0.2, 0) is 13.1 Å². The molecular formula is C26H16N2O8. The van der Waals surface area contributed by atoms with Gasteiger partial charge in [0.1, 0.15) is 0 Å². The summed E-state index contributed by atoms with van der Waals surface area (Å²) in [5, 5.41) is 18.3. The van der Waals surface area contributed by atoms with Gasteiger partial charge in [-0.05, 0) is 47.5 Å². The van der Waals surface area contributed by atoms with Gasteiger partial charge in [-0.2, -0.15) is 0 Å². The maximum Gasteiger partial charge on any atom is 0.335 e. The molecule has 178 valence electrons. The second kappa shape index (κ2) is 8.27. The SMILES string of the molecule is O=C(O)c1ccc2c(c1)C(=O)N(Cc1cccc(CN3C(=O)c4ccc(C(=O)O)cc4C3=O)c1)C2=O. The van der Waals surface area contributed by atoms with Gasteiger partial charge in [0, 0.05) is 0 Å². The van der Waals surface area contributed by atoms with E-state index < -0.39 is 35.6 Å². The van der Waals surface area contributed by atoms with Crippen LogP contribution in [0.1, 0.15) is 73.3 Å². The average molecular weight is 484 g/mol. The zero-order chi connectivity index (χ0) is 25.7. The van der Waals surface area contributed by atoms with Crippen molar-refractivity contribution in [3.8, 4) is 0 Å². The van der Waals surface area contributed by atoms with Gasteiger partial charge >= 0.3 is 11.9 Å². The Morgan fingerprint density at radius 3 is 1.33 bits per heavy atom. The second-order valence-electron chi connectivity index (χ2n) is 8.34. The summed E-state index contributed by atoms with van der Waals surface area (Å²) in [6, 6.07) is 14.2. The summed E-state index contributed by atoms with van der Waals surface area (Å²) < 4.78 is 0. The Bertz CT molecular complexity index is 1430. The van der Waals surface area contributed by atoms with E-state index in [9.17, 15) is 28.8 Å². The fourth-order valence-corrected chi connectivity index (χ4v) is 4.33. The van der Waals surface area contributed by atoms with Crippen molar-refractivity contribution in [1.82, 2.24) is 9.80 Å². The number of aromatic carboxylic acids is 2. The molecule has 3 aromatic carbocycles. The van der Waals surface area contributed by atoms with Gasteiger partial charge in [-0.3, -0.25) is 29.0 Å². The van der Waals surface area contributed by atoms with Crippen LogP contribution in [0.15, 0.2) is 60.7 Å². The lowest BCUT2D eigenvalue weighted by molar-refractivity contribution is 0.0630. The molecule has 0 unspecified atom stereocenters. The minimum absolute atomic E-state index is 0.0165. The third kappa shape index (κ3) is 3.61. The summed E-state index contributed by atoms with van der Waals surface area (Å²) >= 11 is 0. The van der Waals surface area contributed by atoms with Gasteiger partial charge in [0.25, 0.3) is 23.6 Å². The first kappa shape index (κ1) is 22.7. The number of hydrogen-bond donors (Lipinski definition) is 2. The van der Waals surface area contributed by atoms with Crippen molar-refractivity contribution >= 4 is 35.6 Å². The van der Waals surface area contributed by atoms with Crippen LogP contribution < -0.4 is 0 Å². The summed E-state index contributed by atoms with van der Waals surface area (Å²) in [6.45, 7) is -0.181. The molecule has 0 aromatic heterocycles. The van der Waals surface area contributed by atoms with E-state index in [4.69, 9.17) is 10.2 Å². The maximum atomic E-state index is 12.8. The van der Waals surface area contributed by atoms with Gasteiger partial charge < -0.3 is 10.2 Å². The number of carbonyl (C=O) groups is 6. The summed E-state index contributed by atoms with van der Waals surface area (Å²) in [5.74, 6) is -4.75. The van der Waals surface area contributed by atoms with E-state index >= 15 is 0 Å². The van der Waals surface area contributed by atoms with Crippen molar-refractivity contribution in [3.05, 3.63) is 105 Å². The third-order valence-electron chi connectivity index (χ3n) is 6.11. The zero-order valence-corrected chi connectivity index (χ0v) is 18.4. The molecule has 3 aromatic rings. The number of hydrogen-bond acceptors (Lipinski definition) is 6. The van der Waals surface area contributed by atoms with Crippen molar-refractivity contribution in [2.75, 3.05) is 0 Å². The van der Waals surface area contributed by atoms with Crippen molar-refractivity contribution in [3.63, 3.8) is 0 Å². The molecule has 5 rings (SSSR count). The monoisotopic (exact) mass is 484 g/mol. The van der Waals surface area contributed by atoms with Crippen LogP contribution in [0.25, 0.3) is 0 Å². The van der Waals surface area contributed by atoms with E-state index in [1.807, 2.05) is 0 Å². The van der Waals surface area contributed by atoms with Crippen LogP contribution >= 0.6 is 0 Å². The largest absolute Gasteiger partial charge is 0.478 e. The molecule has 0 saturated heterocycles. The van der Waals surface area contributed by atoms with Crippen molar-refractivity contribution in [2.45, 2.75) is 13.1 Å². The molecule has 2 aliphatic heterocycles. The first-order valence-corrected chi connectivity index (χ1v) is 10.7. The molecule has 10 nitrogen and oxygen atoms in total. The van der Waals surface area contributed by atoms with Gasteiger partial charge in [0.05, 0.1) is 46.5 Å². The summed E-state index contributed by atoms with van der Waals surface area (Å²) in [4.78, 5) is 75.6. The van der Waals surface area contributed by atoms with Crippen molar-refractivity contribution in [1.29, 1.82) is 0 Å². The molecular weight excluding hydrogens is 468 g/mol. The van der Waals surface area contributed by atoms with E-state index in [0.717, 1.165) is 9.80 Å². The summed E-state index contributed by atoms with van der Waals surface area (Å²) in [5.41, 5.74) is 1.19. The summed E-state index contributed by atoms with van der Waals surface area (Å²) in [7, 11) is 0. The number of benzene rings is 3. The molecule has 0 aliphatic carbocycles. The average Bonchev–Trinajstić information content (AvgIpc) is 3.24. The highest BCUT2D eigenvalue weighted by atomic mass is 16.4. The van der Waals surface area contributed by atoms with Crippen molar-refractivity contribution in [2.24, 2.45) is 0 Å². The third-order valence-corrected chi connectivity index (χ3v) is 6.11. The first-order valence-electron chi connectivity index (χ1n) is 10.7. The number of nitrogens with zero attached hydrogens (tertiary/aromatic N) is 2. The van der Waals surface area contributed by atoms with Crippen LogP contribution in [0.2, 0.25) is 0 Å². The number of amides is 4. The highest BCUT2D eigenvalue weighted by Gasteiger charge is 2.37. The molecule has 2 heterocycles. The fourth-order valence-electron chi connectivity index (χ4n) is 4.33. The van der Waals surface area contributed by atoms with Crippen LogP contribution in [-0.4, -0.2) is 55.6 Å². The van der Waals surface area contributed by atoms with Gasteiger partial charge in [-0.25, -0.2) is 9.59 Å². The Hall–Kier alpha value is -5.12. The molecule has 0 atom stereocenters. The summed E-state index contributed by atoms with van der Waals surface area (Å²) in [6.07, 6.45) is 0. The number of fused-ring (bicyclic) bond motifs is 2. The lowest BCUT2D eigenvalue weighted by Gasteiger charge is -2.17. The molecule has 4 amide bonds. The lowest BCUT2D eigenvalue weighted by atomic mass is 10.1. The van der Waals surface area contributed by atoms with Gasteiger partial charge in [-0.1, -0.05) is 24.3 Å². The molecule has 0 bridgehead atoms. The number of imide groups is 2. The normalized spacial score (nSPS) is 14.3. The molecule has 0 radical (unpaired) electrons. The molecule has 0 saturated carbocycles. The van der Waals surface area contributed by atoms with Crippen LogP contribution in [0.4, 0.5) is 0 Å². The molecule has 0 spiro atoms. The number of carboxylic acids is 2. The fraction of sp³-hybridized carbons (Fsp3) is 0.0769. The maximum absolute atomic E-state index is 12.8. The molecule has 36 heavy (non-hydrogen) atoms. The lowest BCUT2D eigenvalue weighted by Crippen LogP contribution is -2.30. The molecule has 0 fully saturated rings. The topological polar surface area (TPSA) is 149 Å². The Labute approximate surface area is 203 Å². The van der Waals surface area contributed by atoms with Gasteiger partial charge in [0.2, 0.25) is 0 Å². The minimum Gasteiger partial charge on any atom is -0.478 e. The number of rotatable bonds is 6. The van der Waals surface area contributed by atoms with Crippen LogP contribution in [0.3, 0.4) is 0 Å². The second-order valence-corrected chi connectivity index (χ2v) is 8.34. The quantitative estimate of drug-likeness (QED) is 0.507. The van der Waals surface area contributed by atoms with E-state index in [0.29, 0.717) is 11.1 Å². The smallest absolute Gasteiger partial charge is 0.335 e. The van der Waals surface area contributed by atoms with E-state index in [2.05, 4.69) is 0 Å². The number of carbonyl (C=O) groups excluding carboxylic acids is 4. The Kier molecular flexibility index (Phi) is 5.21. The Balaban J connectivity index is 1.35. The predicted octanol–water partition coefficient (Wildman–Crippen LogP) is 2.68.